The first-order valence-corrected chi connectivity index (χ1v) is 8.79. The fourth-order valence-corrected chi connectivity index (χ4v) is 3.71. The molecule has 1 saturated carbocycles. The molecule has 118 valence electrons. The van der Waals surface area contributed by atoms with E-state index in [1.165, 1.54) is 47.9 Å². The molecular weight excluding hydrogens is 276 g/mol. The lowest BCUT2D eigenvalue weighted by molar-refractivity contribution is 0.503. The van der Waals surface area contributed by atoms with Gasteiger partial charge in [-0.1, -0.05) is 66.1 Å². The summed E-state index contributed by atoms with van der Waals surface area (Å²) < 4.78 is 0. The van der Waals surface area contributed by atoms with Crippen LogP contribution in [0.2, 0.25) is 0 Å². The third kappa shape index (κ3) is 3.85. The maximum atomic E-state index is 3.62. The molecule has 0 heteroatoms. The van der Waals surface area contributed by atoms with E-state index in [-0.39, 0.29) is 0 Å². The van der Waals surface area contributed by atoms with Gasteiger partial charge in [-0.2, -0.15) is 0 Å². The quantitative estimate of drug-likeness (QED) is 0.602. The van der Waals surface area contributed by atoms with Crippen LogP contribution in [0.3, 0.4) is 0 Å². The van der Waals surface area contributed by atoms with E-state index < -0.39 is 0 Å². The topological polar surface area (TPSA) is 0 Å². The van der Waals surface area contributed by atoms with E-state index in [0.717, 1.165) is 5.56 Å². The Morgan fingerprint density at radius 1 is 0.870 bits per heavy atom. The Hall–Kier alpha value is -2.00. The molecule has 0 heterocycles. The van der Waals surface area contributed by atoms with Gasteiger partial charge in [0, 0.05) is 11.5 Å². The predicted octanol–water partition coefficient (Wildman–Crippen LogP) is 5.94. The Bertz CT molecular complexity index is 719. The van der Waals surface area contributed by atoms with Crippen molar-refractivity contribution in [3.05, 3.63) is 70.3 Å². The van der Waals surface area contributed by atoms with Crippen LogP contribution in [0.1, 0.15) is 59.4 Å². The van der Waals surface area contributed by atoms with Gasteiger partial charge >= 0.3 is 0 Å². The van der Waals surface area contributed by atoms with Gasteiger partial charge in [-0.3, -0.25) is 0 Å². The minimum Gasteiger partial charge on any atom is -0.0894 e. The molecule has 0 N–H and O–H groups in total. The molecule has 0 aromatic heterocycles. The largest absolute Gasteiger partial charge is 0.0894 e. The van der Waals surface area contributed by atoms with Crippen molar-refractivity contribution >= 4 is 0 Å². The van der Waals surface area contributed by atoms with Crippen LogP contribution in [-0.2, 0) is 0 Å². The molecule has 0 spiro atoms. The lowest BCUT2D eigenvalue weighted by Crippen LogP contribution is -2.09. The maximum absolute atomic E-state index is 3.62. The van der Waals surface area contributed by atoms with Crippen molar-refractivity contribution in [3.8, 4) is 11.8 Å². The highest BCUT2D eigenvalue weighted by atomic mass is 14.3. The molecule has 2 aromatic carbocycles. The Kier molecular flexibility index (Phi) is 4.87. The zero-order valence-corrected chi connectivity index (χ0v) is 14.5. The van der Waals surface area contributed by atoms with Gasteiger partial charge < -0.3 is 0 Å². The van der Waals surface area contributed by atoms with Crippen LogP contribution in [0.25, 0.3) is 0 Å². The van der Waals surface area contributed by atoms with Crippen LogP contribution in [0.15, 0.2) is 42.5 Å². The van der Waals surface area contributed by atoms with Gasteiger partial charge in [0.25, 0.3) is 0 Å². The molecule has 3 rings (SSSR count). The lowest BCUT2D eigenvalue weighted by Gasteiger charge is -2.21. The molecule has 1 aliphatic rings. The molecule has 1 aliphatic carbocycles. The zero-order valence-electron chi connectivity index (χ0n) is 14.5. The maximum Gasteiger partial charge on any atom is 0.0486 e. The normalized spacial score (nSPS) is 16.0. The van der Waals surface area contributed by atoms with Crippen LogP contribution < -0.4 is 0 Å². The summed E-state index contributed by atoms with van der Waals surface area (Å²) in [7, 11) is 0. The highest BCUT2D eigenvalue weighted by Crippen LogP contribution is 2.38. The van der Waals surface area contributed by atoms with Crippen LogP contribution in [-0.4, -0.2) is 0 Å². The molecule has 0 amide bonds. The summed E-state index contributed by atoms with van der Waals surface area (Å²) in [5.74, 6) is 8.15. The molecule has 0 nitrogen and oxygen atoms in total. The van der Waals surface area contributed by atoms with E-state index in [4.69, 9.17) is 0 Å². The number of rotatable bonds is 2. The summed E-state index contributed by atoms with van der Waals surface area (Å²) in [6.07, 6.45) is 5.36. The number of hydrogen-bond donors (Lipinski definition) is 0. The van der Waals surface area contributed by atoms with Crippen LogP contribution >= 0.6 is 0 Å². The highest BCUT2D eigenvalue weighted by Gasteiger charge is 2.26. The molecule has 0 bridgehead atoms. The number of hydrogen-bond acceptors (Lipinski definition) is 0. The molecule has 0 radical (unpaired) electrons. The fourth-order valence-electron chi connectivity index (χ4n) is 3.71. The third-order valence-electron chi connectivity index (χ3n) is 5.06. The minimum absolute atomic E-state index is 0.374. The summed E-state index contributed by atoms with van der Waals surface area (Å²) in [5.41, 5.74) is 6.57. The molecule has 0 saturated heterocycles. The van der Waals surface area contributed by atoms with Crippen molar-refractivity contribution in [2.75, 3.05) is 0 Å². The Balaban J connectivity index is 1.94. The average molecular weight is 302 g/mol. The van der Waals surface area contributed by atoms with Gasteiger partial charge in [-0.15, -0.1) is 0 Å². The van der Waals surface area contributed by atoms with Crippen molar-refractivity contribution in [1.82, 2.24) is 0 Å². The van der Waals surface area contributed by atoms with Crippen LogP contribution in [0.4, 0.5) is 0 Å². The fraction of sp³-hybridized carbons (Fsp3) is 0.391. The van der Waals surface area contributed by atoms with E-state index in [1.54, 1.807) is 0 Å². The lowest BCUT2D eigenvalue weighted by atomic mass is 9.82. The predicted molar refractivity (Wildman–Crippen MR) is 98.7 cm³/mol. The first kappa shape index (κ1) is 15.9. The first-order chi connectivity index (χ1) is 11.1. The molecule has 1 fully saturated rings. The van der Waals surface area contributed by atoms with Gasteiger partial charge in [0.05, 0.1) is 0 Å². The van der Waals surface area contributed by atoms with E-state index >= 15 is 0 Å². The molecule has 1 atom stereocenters. The van der Waals surface area contributed by atoms with Crippen molar-refractivity contribution < 1.29 is 0 Å². The molecule has 23 heavy (non-hydrogen) atoms. The summed E-state index contributed by atoms with van der Waals surface area (Å²) >= 11 is 0. The van der Waals surface area contributed by atoms with E-state index in [0.29, 0.717) is 11.8 Å². The second-order valence-corrected chi connectivity index (χ2v) is 7.02. The van der Waals surface area contributed by atoms with Gasteiger partial charge in [0.15, 0.2) is 0 Å². The molecular formula is C23H26. The standard InChI is InChI=1S/C23H26/c1-17-8-11-20(12-9-17)13-15-23(21-6-4-5-7-21)22-14-10-18(2)16-19(22)3/h8-12,14,16,21,23H,4-7H2,1-3H3. The second-order valence-electron chi connectivity index (χ2n) is 7.02. The van der Waals surface area contributed by atoms with Gasteiger partial charge in [0.2, 0.25) is 0 Å². The molecule has 0 aliphatic heterocycles. The monoisotopic (exact) mass is 302 g/mol. The van der Waals surface area contributed by atoms with Crippen LogP contribution in [0.5, 0.6) is 0 Å². The Morgan fingerprint density at radius 2 is 1.52 bits per heavy atom. The number of benzene rings is 2. The van der Waals surface area contributed by atoms with Crippen molar-refractivity contribution in [2.45, 2.75) is 52.4 Å². The van der Waals surface area contributed by atoms with E-state index in [2.05, 4.69) is 75.1 Å². The summed E-state index contributed by atoms with van der Waals surface area (Å²) in [6, 6.07) is 15.4. The van der Waals surface area contributed by atoms with Crippen LogP contribution in [0, 0.1) is 38.5 Å². The van der Waals surface area contributed by atoms with Crippen molar-refractivity contribution in [3.63, 3.8) is 0 Å². The summed E-state index contributed by atoms with van der Waals surface area (Å²) in [4.78, 5) is 0. The minimum atomic E-state index is 0.374. The van der Waals surface area contributed by atoms with Gasteiger partial charge in [-0.05, 0) is 62.8 Å². The highest BCUT2D eigenvalue weighted by molar-refractivity contribution is 5.42. The van der Waals surface area contributed by atoms with Gasteiger partial charge in [-0.25, -0.2) is 0 Å². The second kappa shape index (κ2) is 7.05. The molecule has 2 aromatic rings. The molecule has 1 unspecified atom stereocenters. The summed E-state index contributed by atoms with van der Waals surface area (Å²) in [6.45, 7) is 6.52. The third-order valence-corrected chi connectivity index (χ3v) is 5.06. The SMILES string of the molecule is Cc1ccc(C#CC(c2ccc(C)cc2C)C2CCCC2)cc1. The van der Waals surface area contributed by atoms with E-state index in [1.807, 2.05) is 0 Å². The zero-order chi connectivity index (χ0) is 16.2. The summed E-state index contributed by atoms with van der Waals surface area (Å²) in [5, 5.41) is 0. The van der Waals surface area contributed by atoms with Crippen molar-refractivity contribution in [2.24, 2.45) is 5.92 Å². The van der Waals surface area contributed by atoms with Gasteiger partial charge in [0.1, 0.15) is 0 Å². The Labute approximate surface area is 140 Å². The Morgan fingerprint density at radius 3 is 2.17 bits per heavy atom. The van der Waals surface area contributed by atoms with E-state index in [9.17, 15) is 0 Å². The smallest absolute Gasteiger partial charge is 0.0486 e. The average Bonchev–Trinajstić information content (AvgIpc) is 3.05. The van der Waals surface area contributed by atoms with Crippen molar-refractivity contribution in [1.29, 1.82) is 0 Å². The number of aryl methyl sites for hydroxylation is 3. The first-order valence-electron chi connectivity index (χ1n) is 8.79.